The van der Waals surface area contributed by atoms with Gasteiger partial charge in [-0.05, 0) is 59.7 Å². The predicted molar refractivity (Wildman–Crippen MR) is 124 cm³/mol. The summed E-state index contributed by atoms with van der Waals surface area (Å²) in [6, 6.07) is 17.5. The van der Waals surface area contributed by atoms with Crippen LogP contribution in [0.3, 0.4) is 0 Å². The monoisotopic (exact) mass is 450 g/mol. The molecule has 4 rings (SSSR count). The number of rotatable bonds is 7. The van der Waals surface area contributed by atoms with E-state index in [-0.39, 0.29) is 17.7 Å². The molecule has 32 heavy (non-hydrogen) atoms. The van der Waals surface area contributed by atoms with Crippen molar-refractivity contribution in [3.63, 3.8) is 0 Å². The maximum absolute atomic E-state index is 12.8. The largest absolute Gasteiger partial charge is 0.343 e. The normalized spacial score (nSPS) is 14.3. The molecule has 2 aromatic carbocycles. The molecule has 0 bridgehead atoms. The number of amides is 2. The standard InChI is InChI=1S/C23H26N6O2S/c1-32-23-25-26-27-29(23)20-9-5-8-19(16-20)24-22(31)18-12-14-28(15-13-18)21(30)11-10-17-6-3-2-4-7-17/h2-9,16,18H,10-15H2,1H3,(H,24,31). The minimum atomic E-state index is -0.105. The molecule has 8 nitrogen and oxygen atoms in total. The topological polar surface area (TPSA) is 93.0 Å². The summed E-state index contributed by atoms with van der Waals surface area (Å²) in [5.41, 5.74) is 2.66. The third-order valence-electron chi connectivity index (χ3n) is 5.67. The first-order valence-corrected chi connectivity index (χ1v) is 11.9. The number of likely N-dealkylation sites (tertiary alicyclic amines) is 1. The molecule has 0 atom stereocenters. The highest BCUT2D eigenvalue weighted by Gasteiger charge is 2.27. The van der Waals surface area contributed by atoms with Crippen molar-refractivity contribution < 1.29 is 9.59 Å². The maximum atomic E-state index is 12.8. The lowest BCUT2D eigenvalue weighted by molar-refractivity contribution is -0.134. The summed E-state index contributed by atoms with van der Waals surface area (Å²) < 4.78 is 1.64. The molecular weight excluding hydrogens is 424 g/mol. The lowest BCUT2D eigenvalue weighted by Crippen LogP contribution is -2.41. The molecule has 0 spiro atoms. The second-order valence-electron chi connectivity index (χ2n) is 7.76. The quantitative estimate of drug-likeness (QED) is 0.556. The lowest BCUT2D eigenvalue weighted by atomic mass is 9.95. The van der Waals surface area contributed by atoms with Crippen LogP contribution in [0.25, 0.3) is 5.69 Å². The number of anilines is 1. The van der Waals surface area contributed by atoms with E-state index < -0.39 is 0 Å². The van der Waals surface area contributed by atoms with Gasteiger partial charge in [0.25, 0.3) is 0 Å². The Morgan fingerprint density at radius 3 is 2.62 bits per heavy atom. The van der Waals surface area contributed by atoms with E-state index >= 15 is 0 Å². The van der Waals surface area contributed by atoms with Crippen LogP contribution in [0.1, 0.15) is 24.8 Å². The van der Waals surface area contributed by atoms with Gasteiger partial charge in [-0.1, -0.05) is 48.2 Å². The van der Waals surface area contributed by atoms with Crippen LogP contribution in [0, 0.1) is 5.92 Å². The van der Waals surface area contributed by atoms with Gasteiger partial charge < -0.3 is 10.2 Å². The SMILES string of the molecule is CSc1nnnn1-c1cccc(NC(=O)C2CCN(C(=O)CCc3ccccc3)CC2)c1. The number of carbonyl (C=O) groups excluding carboxylic acids is 2. The summed E-state index contributed by atoms with van der Waals surface area (Å²) in [6.07, 6.45) is 4.50. The average molecular weight is 451 g/mol. The van der Waals surface area contributed by atoms with Crippen LogP contribution in [0.15, 0.2) is 59.8 Å². The van der Waals surface area contributed by atoms with E-state index in [2.05, 4.69) is 20.8 Å². The van der Waals surface area contributed by atoms with Crippen molar-refractivity contribution in [1.82, 2.24) is 25.1 Å². The van der Waals surface area contributed by atoms with Gasteiger partial charge in [-0.2, -0.15) is 4.68 Å². The van der Waals surface area contributed by atoms with Crippen molar-refractivity contribution in [2.45, 2.75) is 30.8 Å². The number of hydrogen-bond donors (Lipinski definition) is 1. The first kappa shape index (κ1) is 22.0. The molecule has 0 radical (unpaired) electrons. The van der Waals surface area contributed by atoms with Crippen molar-refractivity contribution in [1.29, 1.82) is 0 Å². The van der Waals surface area contributed by atoms with Gasteiger partial charge in [0.15, 0.2) is 0 Å². The molecule has 3 aromatic rings. The van der Waals surface area contributed by atoms with Crippen LogP contribution in [-0.4, -0.2) is 56.3 Å². The number of nitrogens with zero attached hydrogens (tertiary/aromatic N) is 5. The van der Waals surface area contributed by atoms with Gasteiger partial charge in [0.1, 0.15) is 0 Å². The summed E-state index contributed by atoms with van der Waals surface area (Å²) in [7, 11) is 0. The summed E-state index contributed by atoms with van der Waals surface area (Å²) in [5.74, 6) is 0.0402. The van der Waals surface area contributed by atoms with E-state index in [0.29, 0.717) is 43.2 Å². The summed E-state index contributed by atoms with van der Waals surface area (Å²) >= 11 is 1.45. The van der Waals surface area contributed by atoms with Gasteiger partial charge in [-0.25, -0.2) is 0 Å². The highest BCUT2D eigenvalue weighted by Crippen LogP contribution is 2.22. The fourth-order valence-corrected chi connectivity index (χ4v) is 4.31. The van der Waals surface area contributed by atoms with Gasteiger partial charge in [-0.3, -0.25) is 9.59 Å². The van der Waals surface area contributed by atoms with E-state index in [9.17, 15) is 9.59 Å². The Kier molecular flexibility index (Phi) is 7.16. The van der Waals surface area contributed by atoms with E-state index in [1.165, 1.54) is 17.3 Å². The molecule has 1 N–H and O–H groups in total. The van der Waals surface area contributed by atoms with Crippen molar-refractivity contribution in [3.05, 3.63) is 60.2 Å². The third kappa shape index (κ3) is 5.34. The molecule has 2 heterocycles. The zero-order valence-corrected chi connectivity index (χ0v) is 18.8. The Morgan fingerprint density at radius 1 is 1.09 bits per heavy atom. The maximum Gasteiger partial charge on any atom is 0.227 e. The summed E-state index contributed by atoms with van der Waals surface area (Å²) in [5, 5.41) is 15.4. The number of benzene rings is 2. The average Bonchev–Trinajstić information content (AvgIpc) is 3.32. The molecule has 166 valence electrons. The van der Waals surface area contributed by atoms with Gasteiger partial charge >= 0.3 is 0 Å². The van der Waals surface area contributed by atoms with Crippen molar-refractivity contribution in [2.75, 3.05) is 24.7 Å². The fourth-order valence-electron chi connectivity index (χ4n) is 3.87. The van der Waals surface area contributed by atoms with Crippen LogP contribution in [-0.2, 0) is 16.0 Å². The van der Waals surface area contributed by atoms with E-state index in [4.69, 9.17) is 0 Å². The zero-order chi connectivity index (χ0) is 22.3. The molecule has 1 aromatic heterocycles. The molecule has 9 heteroatoms. The number of aromatic nitrogens is 4. The molecule has 0 unspecified atom stereocenters. The number of hydrogen-bond acceptors (Lipinski definition) is 6. The van der Waals surface area contributed by atoms with Crippen LogP contribution >= 0.6 is 11.8 Å². The van der Waals surface area contributed by atoms with Crippen molar-refractivity contribution >= 4 is 29.3 Å². The van der Waals surface area contributed by atoms with Crippen LogP contribution < -0.4 is 5.32 Å². The number of carbonyl (C=O) groups is 2. The molecule has 1 aliphatic heterocycles. The minimum Gasteiger partial charge on any atom is -0.343 e. The molecule has 1 fully saturated rings. The van der Waals surface area contributed by atoms with E-state index in [1.807, 2.05) is 65.8 Å². The van der Waals surface area contributed by atoms with Gasteiger partial charge in [-0.15, -0.1) is 5.10 Å². The highest BCUT2D eigenvalue weighted by molar-refractivity contribution is 7.98. The molecule has 1 saturated heterocycles. The van der Waals surface area contributed by atoms with Gasteiger partial charge in [0.2, 0.25) is 17.0 Å². The highest BCUT2D eigenvalue weighted by atomic mass is 32.2. The molecular formula is C23H26N6O2S. The molecule has 0 aliphatic carbocycles. The Morgan fingerprint density at radius 2 is 1.88 bits per heavy atom. The number of thioether (sulfide) groups is 1. The first-order valence-electron chi connectivity index (χ1n) is 10.7. The summed E-state index contributed by atoms with van der Waals surface area (Å²) in [6.45, 7) is 1.24. The van der Waals surface area contributed by atoms with Crippen molar-refractivity contribution in [2.24, 2.45) is 5.92 Å². The predicted octanol–water partition coefficient (Wildman–Crippen LogP) is 3.19. The van der Waals surface area contributed by atoms with Crippen LogP contribution in [0.2, 0.25) is 0 Å². The number of tetrazole rings is 1. The third-order valence-corrected chi connectivity index (χ3v) is 6.29. The Balaban J connectivity index is 1.28. The van der Waals surface area contributed by atoms with Crippen LogP contribution in [0.5, 0.6) is 0 Å². The number of piperidine rings is 1. The second-order valence-corrected chi connectivity index (χ2v) is 8.53. The Hall–Kier alpha value is -3.20. The molecule has 1 aliphatic rings. The van der Waals surface area contributed by atoms with E-state index in [0.717, 1.165) is 12.1 Å². The summed E-state index contributed by atoms with van der Waals surface area (Å²) in [4.78, 5) is 27.2. The smallest absolute Gasteiger partial charge is 0.227 e. The second kappa shape index (κ2) is 10.4. The van der Waals surface area contributed by atoms with Crippen LogP contribution in [0.4, 0.5) is 5.69 Å². The van der Waals surface area contributed by atoms with E-state index in [1.54, 1.807) is 4.68 Å². The zero-order valence-electron chi connectivity index (χ0n) is 18.0. The van der Waals surface area contributed by atoms with Gasteiger partial charge in [0, 0.05) is 31.1 Å². The lowest BCUT2D eigenvalue weighted by Gasteiger charge is -2.31. The number of nitrogens with one attached hydrogen (secondary N) is 1. The minimum absolute atomic E-state index is 0.0136. The first-order chi connectivity index (χ1) is 15.6. The Bertz CT molecular complexity index is 1060. The van der Waals surface area contributed by atoms with Crippen molar-refractivity contribution in [3.8, 4) is 5.69 Å². The molecule has 0 saturated carbocycles. The molecule has 2 amide bonds. The Labute approximate surface area is 191 Å². The van der Waals surface area contributed by atoms with Gasteiger partial charge in [0.05, 0.1) is 5.69 Å². The number of aryl methyl sites for hydroxylation is 1. The fraction of sp³-hybridized carbons (Fsp3) is 0.348.